The van der Waals surface area contributed by atoms with Crippen LogP contribution in [0.1, 0.15) is 18.4 Å². The van der Waals surface area contributed by atoms with E-state index < -0.39 is 10.0 Å². The van der Waals surface area contributed by atoms with Crippen LogP contribution in [0.15, 0.2) is 22.7 Å². The van der Waals surface area contributed by atoms with E-state index in [-0.39, 0.29) is 0 Å². The van der Waals surface area contributed by atoms with Crippen LogP contribution in [0.4, 0.5) is 5.69 Å². The summed E-state index contributed by atoms with van der Waals surface area (Å²) in [6.45, 7) is 4.14. The van der Waals surface area contributed by atoms with Crippen molar-refractivity contribution in [3.8, 4) is 0 Å². The third kappa shape index (κ3) is 4.20. The lowest BCUT2D eigenvalue weighted by atomic mass is 9.99. The topological polar surface area (TPSA) is 49.4 Å². The lowest BCUT2D eigenvalue weighted by Gasteiger charge is -2.31. The minimum Gasteiger partial charge on any atom is -0.385 e. The molecule has 2 rings (SSSR count). The van der Waals surface area contributed by atoms with Gasteiger partial charge in [0, 0.05) is 29.8 Å². The molecular weight excluding hydrogens is 340 g/mol. The molecule has 6 heteroatoms. The van der Waals surface area contributed by atoms with Crippen LogP contribution in [0, 0.1) is 12.8 Å². The summed E-state index contributed by atoms with van der Waals surface area (Å²) in [5.74, 6) is 0.374. The van der Waals surface area contributed by atoms with Crippen molar-refractivity contribution in [2.75, 3.05) is 31.2 Å². The zero-order valence-corrected chi connectivity index (χ0v) is 14.3. The van der Waals surface area contributed by atoms with Crippen molar-refractivity contribution in [3.05, 3.63) is 28.2 Å². The summed E-state index contributed by atoms with van der Waals surface area (Å²) in [6.07, 6.45) is 3.31. The molecule has 112 valence electrons. The predicted molar refractivity (Wildman–Crippen MR) is 86.5 cm³/mol. The second-order valence-corrected chi connectivity index (χ2v) is 8.31. The average Bonchev–Trinajstić information content (AvgIpc) is 2.39. The molecule has 1 saturated heterocycles. The molecule has 1 fully saturated rings. The molecule has 0 bridgehead atoms. The van der Waals surface area contributed by atoms with Crippen LogP contribution in [0.25, 0.3) is 0 Å². The number of nitrogens with one attached hydrogen (secondary N) is 1. The van der Waals surface area contributed by atoms with Gasteiger partial charge in [0.1, 0.15) is 0 Å². The van der Waals surface area contributed by atoms with Crippen LogP contribution < -0.4 is 5.32 Å². The smallest absolute Gasteiger partial charge is 0.211 e. The molecule has 1 N–H and O–H groups in total. The van der Waals surface area contributed by atoms with Gasteiger partial charge < -0.3 is 5.32 Å². The zero-order chi connectivity index (χ0) is 14.8. The number of anilines is 1. The Bertz CT molecular complexity index is 575. The predicted octanol–water partition coefficient (Wildman–Crippen LogP) is 2.84. The van der Waals surface area contributed by atoms with Crippen LogP contribution in [0.5, 0.6) is 0 Å². The Morgan fingerprint density at radius 3 is 2.85 bits per heavy atom. The van der Waals surface area contributed by atoms with Crippen molar-refractivity contribution in [2.24, 2.45) is 5.92 Å². The molecule has 1 atom stereocenters. The third-order valence-electron chi connectivity index (χ3n) is 3.72. The zero-order valence-electron chi connectivity index (χ0n) is 11.9. The highest BCUT2D eigenvalue weighted by Crippen LogP contribution is 2.23. The average molecular weight is 361 g/mol. The summed E-state index contributed by atoms with van der Waals surface area (Å²) in [5.41, 5.74) is 2.27. The fourth-order valence-electron chi connectivity index (χ4n) is 2.46. The van der Waals surface area contributed by atoms with Gasteiger partial charge in [-0.15, -0.1) is 0 Å². The number of rotatable bonds is 4. The second kappa shape index (κ2) is 6.45. The number of halogens is 1. The summed E-state index contributed by atoms with van der Waals surface area (Å²) in [6, 6.07) is 6.18. The number of aryl methyl sites for hydroxylation is 1. The van der Waals surface area contributed by atoms with Gasteiger partial charge in [-0.1, -0.05) is 22.0 Å². The molecule has 4 nitrogen and oxygen atoms in total. The summed E-state index contributed by atoms with van der Waals surface area (Å²) < 4.78 is 25.9. The van der Waals surface area contributed by atoms with Crippen molar-refractivity contribution in [1.82, 2.24) is 4.31 Å². The highest BCUT2D eigenvalue weighted by Gasteiger charge is 2.25. The number of hydrogen-bond donors (Lipinski definition) is 1. The normalized spacial score (nSPS) is 20.9. The molecule has 20 heavy (non-hydrogen) atoms. The summed E-state index contributed by atoms with van der Waals surface area (Å²) in [7, 11) is -3.06. The minimum atomic E-state index is -3.06. The molecular formula is C14H21BrN2O2S. The Morgan fingerprint density at radius 2 is 2.20 bits per heavy atom. The summed E-state index contributed by atoms with van der Waals surface area (Å²) in [5, 5.41) is 3.40. The monoisotopic (exact) mass is 360 g/mol. The van der Waals surface area contributed by atoms with E-state index in [4.69, 9.17) is 0 Å². The highest BCUT2D eigenvalue weighted by atomic mass is 79.9. The fraction of sp³-hybridized carbons (Fsp3) is 0.571. The van der Waals surface area contributed by atoms with E-state index in [9.17, 15) is 8.42 Å². The first kappa shape index (κ1) is 15.8. The Labute approximate surface area is 129 Å². The van der Waals surface area contributed by atoms with Gasteiger partial charge in [0.05, 0.1) is 6.26 Å². The van der Waals surface area contributed by atoms with Gasteiger partial charge >= 0.3 is 0 Å². The van der Waals surface area contributed by atoms with Crippen LogP contribution in [0.2, 0.25) is 0 Å². The maximum Gasteiger partial charge on any atom is 0.211 e. The van der Waals surface area contributed by atoms with Crippen molar-refractivity contribution in [1.29, 1.82) is 0 Å². The van der Waals surface area contributed by atoms with Crippen molar-refractivity contribution < 1.29 is 8.42 Å². The number of benzene rings is 1. The van der Waals surface area contributed by atoms with E-state index in [0.29, 0.717) is 19.0 Å². The molecule has 0 amide bonds. The molecule has 0 saturated carbocycles. The third-order valence-corrected chi connectivity index (χ3v) is 5.84. The number of piperidine rings is 1. The molecule has 0 aliphatic carbocycles. The van der Waals surface area contributed by atoms with Gasteiger partial charge in [-0.25, -0.2) is 12.7 Å². The first-order valence-corrected chi connectivity index (χ1v) is 9.45. The van der Waals surface area contributed by atoms with E-state index in [0.717, 1.165) is 29.5 Å². The lowest BCUT2D eigenvalue weighted by Crippen LogP contribution is -2.41. The number of sulfonamides is 1. The molecule has 0 aromatic heterocycles. The van der Waals surface area contributed by atoms with Crippen LogP contribution in [-0.4, -0.2) is 38.6 Å². The van der Waals surface area contributed by atoms with E-state index in [1.54, 1.807) is 4.31 Å². The van der Waals surface area contributed by atoms with E-state index in [1.807, 2.05) is 0 Å². The lowest BCUT2D eigenvalue weighted by molar-refractivity contribution is 0.277. The summed E-state index contributed by atoms with van der Waals surface area (Å²) in [4.78, 5) is 0. The maximum absolute atomic E-state index is 11.6. The Morgan fingerprint density at radius 1 is 1.45 bits per heavy atom. The largest absolute Gasteiger partial charge is 0.385 e. The van der Waals surface area contributed by atoms with Crippen LogP contribution in [0.3, 0.4) is 0 Å². The molecule has 1 aromatic rings. The van der Waals surface area contributed by atoms with Gasteiger partial charge in [0.15, 0.2) is 0 Å². The van der Waals surface area contributed by atoms with Gasteiger partial charge in [-0.2, -0.15) is 0 Å². The Balaban J connectivity index is 1.92. The van der Waals surface area contributed by atoms with Crippen LogP contribution >= 0.6 is 15.9 Å². The first-order valence-electron chi connectivity index (χ1n) is 6.81. The van der Waals surface area contributed by atoms with Gasteiger partial charge in [0.25, 0.3) is 0 Å². The van der Waals surface area contributed by atoms with Crippen molar-refractivity contribution in [3.63, 3.8) is 0 Å². The number of nitrogens with zero attached hydrogens (tertiary/aromatic N) is 1. The van der Waals surface area contributed by atoms with Gasteiger partial charge in [-0.05, 0) is 43.4 Å². The highest BCUT2D eigenvalue weighted by molar-refractivity contribution is 9.10. The van der Waals surface area contributed by atoms with Crippen molar-refractivity contribution in [2.45, 2.75) is 19.8 Å². The quantitative estimate of drug-likeness (QED) is 0.897. The second-order valence-electron chi connectivity index (χ2n) is 5.47. The fourth-order valence-corrected chi connectivity index (χ4v) is 3.78. The van der Waals surface area contributed by atoms with Crippen LogP contribution in [-0.2, 0) is 10.0 Å². The molecule has 1 heterocycles. The molecule has 1 unspecified atom stereocenters. The SMILES string of the molecule is Cc1ccc(NCC2CCCN(S(C)(=O)=O)C2)cc1Br. The standard InChI is InChI=1S/C14H21BrN2O2S/c1-11-5-6-13(8-14(11)15)16-9-12-4-3-7-17(10-12)20(2,18)19/h5-6,8,12,16H,3-4,7,9-10H2,1-2H3. The van der Waals surface area contributed by atoms with Gasteiger partial charge in [-0.3, -0.25) is 0 Å². The molecule has 1 aromatic carbocycles. The van der Waals surface area contributed by atoms with Crippen molar-refractivity contribution >= 4 is 31.6 Å². The number of hydrogen-bond acceptors (Lipinski definition) is 3. The first-order chi connectivity index (χ1) is 9.36. The van der Waals surface area contributed by atoms with Gasteiger partial charge in [0.2, 0.25) is 10.0 Å². The molecule has 0 radical (unpaired) electrons. The Hall–Kier alpha value is -0.590. The van der Waals surface area contributed by atoms with E-state index in [1.165, 1.54) is 11.8 Å². The maximum atomic E-state index is 11.6. The molecule has 0 spiro atoms. The summed E-state index contributed by atoms with van der Waals surface area (Å²) >= 11 is 3.52. The molecule has 1 aliphatic heterocycles. The minimum absolute atomic E-state index is 0.374. The Kier molecular flexibility index (Phi) is 5.09. The molecule has 1 aliphatic rings. The van der Waals surface area contributed by atoms with E-state index in [2.05, 4.69) is 46.4 Å². The van der Waals surface area contributed by atoms with E-state index >= 15 is 0 Å².